The van der Waals surface area contributed by atoms with E-state index in [-0.39, 0.29) is 11.9 Å². The van der Waals surface area contributed by atoms with Crippen molar-refractivity contribution >= 4 is 0 Å². The molecule has 17 heavy (non-hydrogen) atoms. The Balaban J connectivity index is 2.41. The van der Waals surface area contributed by atoms with E-state index in [2.05, 4.69) is 12.2 Å². The third-order valence-electron chi connectivity index (χ3n) is 2.82. The lowest BCUT2D eigenvalue weighted by Gasteiger charge is -2.17. The van der Waals surface area contributed by atoms with E-state index in [4.69, 9.17) is 4.74 Å². The van der Waals surface area contributed by atoms with Crippen LogP contribution in [0.3, 0.4) is 0 Å². The highest BCUT2D eigenvalue weighted by Gasteiger charge is 2.12. The molecule has 1 unspecified atom stereocenters. The topological polar surface area (TPSA) is 21.3 Å². The Hall–Kier alpha value is -0.930. The zero-order valence-corrected chi connectivity index (χ0v) is 10.7. The summed E-state index contributed by atoms with van der Waals surface area (Å²) in [6, 6.07) is 6.92. The van der Waals surface area contributed by atoms with Gasteiger partial charge >= 0.3 is 0 Å². The van der Waals surface area contributed by atoms with E-state index in [0.717, 1.165) is 25.9 Å². The van der Waals surface area contributed by atoms with Crippen LogP contribution in [0.5, 0.6) is 0 Å². The molecule has 1 N–H and O–H groups in total. The van der Waals surface area contributed by atoms with Crippen molar-refractivity contribution in [3.63, 3.8) is 0 Å². The second-order valence-corrected chi connectivity index (χ2v) is 4.12. The molecule has 0 spiro atoms. The first-order valence-electron chi connectivity index (χ1n) is 6.29. The van der Waals surface area contributed by atoms with Crippen LogP contribution in [0.4, 0.5) is 4.39 Å². The molecule has 1 rings (SSSR count). The van der Waals surface area contributed by atoms with E-state index in [1.54, 1.807) is 6.07 Å². The second kappa shape index (κ2) is 8.20. The van der Waals surface area contributed by atoms with Gasteiger partial charge in [0, 0.05) is 24.8 Å². The van der Waals surface area contributed by atoms with Gasteiger partial charge in [0.05, 0.1) is 0 Å². The smallest absolute Gasteiger partial charge is 0.127 e. The van der Waals surface area contributed by atoms with Crippen LogP contribution >= 0.6 is 0 Å². The molecule has 1 aromatic rings. The maximum atomic E-state index is 13.6. The highest BCUT2D eigenvalue weighted by Crippen LogP contribution is 2.19. The summed E-state index contributed by atoms with van der Waals surface area (Å²) >= 11 is 0. The minimum absolute atomic E-state index is 0.0258. The molecule has 0 aromatic heterocycles. The minimum Gasteiger partial charge on any atom is -0.381 e. The normalized spacial score (nSPS) is 12.6. The summed E-state index contributed by atoms with van der Waals surface area (Å²) in [5.74, 6) is -0.152. The molecule has 0 amide bonds. The Morgan fingerprint density at radius 3 is 2.71 bits per heavy atom. The Kier molecular flexibility index (Phi) is 6.82. The van der Waals surface area contributed by atoms with Crippen LogP contribution in [0.1, 0.15) is 37.8 Å². The Morgan fingerprint density at radius 2 is 2.06 bits per heavy atom. The number of ether oxygens (including phenoxy) is 1. The number of hydrogen-bond acceptors (Lipinski definition) is 2. The molecule has 2 nitrogen and oxygen atoms in total. The van der Waals surface area contributed by atoms with Crippen LogP contribution in [0.15, 0.2) is 24.3 Å². The fourth-order valence-corrected chi connectivity index (χ4v) is 1.76. The van der Waals surface area contributed by atoms with E-state index >= 15 is 0 Å². The van der Waals surface area contributed by atoms with Crippen LogP contribution in [-0.2, 0) is 4.74 Å². The molecule has 0 fully saturated rings. The van der Waals surface area contributed by atoms with Gasteiger partial charge in [-0.15, -0.1) is 0 Å². The molecule has 0 saturated carbocycles. The molecule has 0 heterocycles. The fraction of sp³-hybridized carbons (Fsp3) is 0.571. The molecule has 1 aromatic carbocycles. The minimum atomic E-state index is -0.152. The zero-order chi connectivity index (χ0) is 12.5. The van der Waals surface area contributed by atoms with Crippen molar-refractivity contribution in [1.82, 2.24) is 5.32 Å². The van der Waals surface area contributed by atoms with E-state index in [1.807, 2.05) is 19.2 Å². The Bertz CT molecular complexity index is 317. The van der Waals surface area contributed by atoms with Gasteiger partial charge in [-0.2, -0.15) is 0 Å². The van der Waals surface area contributed by atoms with Crippen molar-refractivity contribution in [1.29, 1.82) is 0 Å². The molecule has 0 aliphatic heterocycles. The standard InChI is InChI=1S/C14H22FNO/c1-3-4-10-17-11-9-14(16-2)12-7-5-6-8-13(12)15/h5-8,14,16H,3-4,9-11H2,1-2H3. The maximum Gasteiger partial charge on any atom is 0.127 e. The summed E-state index contributed by atoms with van der Waals surface area (Å²) in [6.07, 6.45) is 3.02. The maximum absolute atomic E-state index is 13.6. The van der Waals surface area contributed by atoms with Crippen molar-refractivity contribution in [3.8, 4) is 0 Å². The van der Waals surface area contributed by atoms with Crippen LogP contribution in [0.2, 0.25) is 0 Å². The monoisotopic (exact) mass is 239 g/mol. The van der Waals surface area contributed by atoms with Crippen LogP contribution in [0.25, 0.3) is 0 Å². The van der Waals surface area contributed by atoms with Crippen LogP contribution < -0.4 is 5.32 Å². The van der Waals surface area contributed by atoms with Crippen LogP contribution in [-0.4, -0.2) is 20.3 Å². The highest BCUT2D eigenvalue weighted by atomic mass is 19.1. The first-order valence-corrected chi connectivity index (χ1v) is 6.29. The first kappa shape index (κ1) is 14.1. The summed E-state index contributed by atoms with van der Waals surface area (Å²) < 4.78 is 19.1. The Morgan fingerprint density at radius 1 is 1.29 bits per heavy atom. The molecule has 3 heteroatoms. The number of halogens is 1. The van der Waals surface area contributed by atoms with Crippen molar-refractivity contribution in [2.75, 3.05) is 20.3 Å². The van der Waals surface area contributed by atoms with Gasteiger partial charge in [-0.1, -0.05) is 31.5 Å². The average Bonchev–Trinajstić information content (AvgIpc) is 2.35. The zero-order valence-electron chi connectivity index (χ0n) is 10.7. The van der Waals surface area contributed by atoms with E-state index in [0.29, 0.717) is 12.2 Å². The Labute approximate surface area is 103 Å². The van der Waals surface area contributed by atoms with Crippen molar-refractivity contribution in [2.24, 2.45) is 0 Å². The fourth-order valence-electron chi connectivity index (χ4n) is 1.76. The molecule has 0 radical (unpaired) electrons. The van der Waals surface area contributed by atoms with Gasteiger partial charge in [-0.25, -0.2) is 4.39 Å². The van der Waals surface area contributed by atoms with E-state index < -0.39 is 0 Å². The van der Waals surface area contributed by atoms with Crippen LogP contribution in [0, 0.1) is 5.82 Å². The second-order valence-electron chi connectivity index (χ2n) is 4.12. The molecule has 0 saturated heterocycles. The SMILES string of the molecule is CCCCOCCC(NC)c1ccccc1F. The highest BCUT2D eigenvalue weighted by molar-refractivity contribution is 5.21. The lowest BCUT2D eigenvalue weighted by Crippen LogP contribution is -2.19. The van der Waals surface area contributed by atoms with Gasteiger partial charge in [0.2, 0.25) is 0 Å². The first-order chi connectivity index (χ1) is 8.29. The van der Waals surface area contributed by atoms with Gasteiger partial charge in [0.25, 0.3) is 0 Å². The largest absolute Gasteiger partial charge is 0.381 e. The van der Waals surface area contributed by atoms with Gasteiger partial charge in [0.1, 0.15) is 5.82 Å². The molecule has 0 bridgehead atoms. The van der Waals surface area contributed by atoms with E-state index in [1.165, 1.54) is 6.07 Å². The molecule has 0 aliphatic rings. The van der Waals surface area contributed by atoms with Crippen molar-refractivity contribution < 1.29 is 9.13 Å². The van der Waals surface area contributed by atoms with Crippen molar-refractivity contribution in [2.45, 2.75) is 32.2 Å². The summed E-state index contributed by atoms with van der Waals surface area (Å²) in [7, 11) is 1.85. The molecular weight excluding hydrogens is 217 g/mol. The number of nitrogens with one attached hydrogen (secondary N) is 1. The third kappa shape index (κ3) is 4.84. The molecule has 96 valence electrons. The summed E-state index contributed by atoms with van der Waals surface area (Å²) in [5.41, 5.74) is 0.717. The number of rotatable bonds is 8. The quantitative estimate of drug-likeness (QED) is 0.703. The van der Waals surface area contributed by atoms with Gasteiger partial charge in [0.15, 0.2) is 0 Å². The molecular formula is C14H22FNO. The lowest BCUT2D eigenvalue weighted by atomic mass is 10.0. The lowest BCUT2D eigenvalue weighted by molar-refractivity contribution is 0.121. The third-order valence-corrected chi connectivity index (χ3v) is 2.82. The van der Waals surface area contributed by atoms with Gasteiger partial charge < -0.3 is 10.1 Å². The molecule has 0 aliphatic carbocycles. The van der Waals surface area contributed by atoms with E-state index in [9.17, 15) is 4.39 Å². The summed E-state index contributed by atoms with van der Waals surface area (Å²) in [5, 5.41) is 3.13. The summed E-state index contributed by atoms with van der Waals surface area (Å²) in [6.45, 7) is 3.60. The predicted molar refractivity (Wildman–Crippen MR) is 68.5 cm³/mol. The number of unbranched alkanes of at least 4 members (excludes halogenated alkanes) is 1. The number of hydrogen-bond donors (Lipinski definition) is 1. The number of benzene rings is 1. The van der Waals surface area contributed by atoms with Gasteiger partial charge in [-0.05, 0) is 26.0 Å². The predicted octanol–water partition coefficient (Wildman–Crippen LogP) is 3.29. The molecule has 1 atom stereocenters. The van der Waals surface area contributed by atoms with Gasteiger partial charge in [-0.3, -0.25) is 0 Å². The van der Waals surface area contributed by atoms with Crippen molar-refractivity contribution in [3.05, 3.63) is 35.6 Å². The summed E-state index contributed by atoms with van der Waals surface area (Å²) in [4.78, 5) is 0. The average molecular weight is 239 g/mol.